The van der Waals surface area contributed by atoms with Gasteiger partial charge in [0.2, 0.25) is 0 Å². The molecule has 0 unspecified atom stereocenters. The Morgan fingerprint density at radius 2 is 1.94 bits per heavy atom. The molecule has 8 heteroatoms. The van der Waals surface area contributed by atoms with Gasteiger partial charge in [0.1, 0.15) is 0 Å². The van der Waals surface area contributed by atoms with Crippen molar-refractivity contribution in [1.82, 2.24) is 10.2 Å². The topological polar surface area (TPSA) is 69.6 Å². The molecule has 1 heterocycles. The zero-order valence-corrected chi connectivity index (χ0v) is 8.25. The molecule has 1 saturated heterocycles. The molecule has 0 aromatic rings. The Hall–Kier alpha value is -1.31. The molecular weight excluding hydrogens is 229 g/mol. The van der Waals surface area contributed by atoms with E-state index in [4.69, 9.17) is 5.11 Å². The number of nitrogens with one attached hydrogen (secondary N) is 1. The van der Waals surface area contributed by atoms with E-state index in [1.165, 1.54) is 0 Å². The zero-order chi connectivity index (χ0) is 12.3. The Morgan fingerprint density at radius 3 is 2.38 bits per heavy atom. The number of carboxylic acids is 1. The standard InChI is InChI=1S/C8H11F3N2O3/c9-8(10,11)7(16)13-3-5(4-13)1-12-2-6(14)15/h5,12H,1-4H2,(H,14,15). The molecule has 1 rings (SSSR count). The number of hydrogen-bond acceptors (Lipinski definition) is 3. The minimum atomic E-state index is -4.82. The van der Waals surface area contributed by atoms with Gasteiger partial charge in [-0.1, -0.05) is 0 Å². The van der Waals surface area contributed by atoms with Crippen LogP contribution < -0.4 is 5.32 Å². The van der Waals surface area contributed by atoms with Gasteiger partial charge in [-0.15, -0.1) is 0 Å². The van der Waals surface area contributed by atoms with Gasteiger partial charge in [0, 0.05) is 25.6 Å². The number of halogens is 3. The second-order valence-electron chi connectivity index (χ2n) is 3.60. The number of amides is 1. The highest BCUT2D eigenvalue weighted by Crippen LogP contribution is 2.24. The van der Waals surface area contributed by atoms with Crippen LogP contribution in [0.15, 0.2) is 0 Å². The fourth-order valence-corrected chi connectivity index (χ4v) is 1.43. The fraction of sp³-hybridized carbons (Fsp3) is 0.750. The SMILES string of the molecule is O=C(O)CNCC1CN(C(=O)C(F)(F)F)C1. The van der Waals surface area contributed by atoms with Crippen LogP contribution >= 0.6 is 0 Å². The van der Waals surface area contributed by atoms with Gasteiger partial charge in [0.15, 0.2) is 0 Å². The van der Waals surface area contributed by atoms with Gasteiger partial charge < -0.3 is 15.3 Å². The lowest BCUT2D eigenvalue weighted by Crippen LogP contribution is -2.57. The summed E-state index contributed by atoms with van der Waals surface area (Å²) < 4.78 is 35.8. The predicted octanol–water partition coefficient (Wildman–Crippen LogP) is -0.319. The van der Waals surface area contributed by atoms with Crippen LogP contribution in [-0.2, 0) is 9.59 Å². The molecule has 0 aliphatic carbocycles. The lowest BCUT2D eigenvalue weighted by molar-refractivity contribution is -0.191. The van der Waals surface area contributed by atoms with Crippen molar-refractivity contribution in [3.05, 3.63) is 0 Å². The van der Waals surface area contributed by atoms with Crippen LogP contribution in [0.3, 0.4) is 0 Å². The third kappa shape index (κ3) is 3.37. The summed E-state index contributed by atoms with van der Waals surface area (Å²) in [6.45, 7) is 0.105. The molecule has 1 fully saturated rings. The van der Waals surface area contributed by atoms with E-state index in [0.29, 0.717) is 11.4 Å². The molecule has 0 radical (unpaired) electrons. The van der Waals surface area contributed by atoms with E-state index in [2.05, 4.69) is 5.32 Å². The van der Waals surface area contributed by atoms with Crippen molar-refractivity contribution in [2.75, 3.05) is 26.2 Å². The van der Waals surface area contributed by atoms with E-state index in [-0.39, 0.29) is 25.6 Å². The molecule has 16 heavy (non-hydrogen) atoms. The first-order valence-electron chi connectivity index (χ1n) is 4.59. The van der Waals surface area contributed by atoms with Crippen LogP contribution in [-0.4, -0.2) is 54.2 Å². The first-order valence-corrected chi connectivity index (χ1v) is 4.59. The van der Waals surface area contributed by atoms with Crippen molar-refractivity contribution in [1.29, 1.82) is 0 Å². The summed E-state index contributed by atoms with van der Waals surface area (Å²) in [6.07, 6.45) is -4.82. The summed E-state index contributed by atoms with van der Waals surface area (Å²) in [5.74, 6) is -2.96. The number of likely N-dealkylation sites (tertiary alicyclic amines) is 1. The Kier molecular flexibility index (Phi) is 3.74. The third-order valence-corrected chi connectivity index (χ3v) is 2.20. The molecule has 0 aromatic heterocycles. The monoisotopic (exact) mass is 240 g/mol. The number of carbonyl (C=O) groups is 2. The minimum Gasteiger partial charge on any atom is -0.480 e. The van der Waals surface area contributed by atoms with E-state index in [1.54, 1.807) is 0 Å². The largest absolute Gasteiger partial charge is 0.480 e. The van der Waals surface area contributed by atoms with Crippen LogP contribution in [0.1, 0.15) is 0 Å². The third-order valence-electron chi connectivity index (χ3n) is 2.20. The van der Waals surface area contributed by atoms with E-state index < -0.39 is 18.1 Å². The average Bonchev–Trinajstić information content (AvgIpc) is 2.05. The quantitative estimate of drug-likeness (QED) is 0.706. The smallest absolute Gasteiger partial charge is 0.471 e. The Morgan fingerprint density at radius 1 is 1.38 bits per heavy atom. The Labute approximate surface area is 89.2 Å². The summed E-state index contributed by atoms with van der Waals surface area (Å²) in [5.41, 5.74) is 0. The summed E-state index contributed by atoms with van der Waals surface area (Å²) in [4.78, 5) is 21.5. The highest BCUT2D eigenvalue weighted by Gasteiger charge is 2.46. The Bertz CT molecular complexity index is 287. The van der Waals surface area contributed by atoms with Gasteiger partial charge in [-0.3, -0.25) is 9.59 Å². The first-order chi connectivity index (χ1) is 7.30. The highest BCUT2D eigenvalue weighted by atomic mass is 19.4. The number of nitrogens with zero attached hydrogens (tertiary/aromatic N) is 1. The fourth-order valence-electron chi connectivity index (χ4n) is 1.43. The maximum atomic E-state index is 11.9. The predicted molar refractivity (Wildman–Crippen MR) is 46.6 cm³/mol. The number of aliphatic carboxylic acids is 1. The van der Waals surface area contributed by atoms with Crippen LogP contribution in [0.25, 0.3) is 0 Å². The summed E-state index contributed by atoms with van der Waals surface area (Å²) >= 11 is 0. The number of rotatable bonds is 4. The lowest BCUT2D eigenvalue weighted by atomic mass is 10.00. The molecule has 2 N–H and O–H groups in total. The first kappa shape index (κ1) is 12.8. The summed E-state index contributed by atoms with van der Waals surface area (Å²) in [6, 6.07) is 0. The van der Waals surface area contributed by atoms with E-state index >= 15 is 0 Å². The number of hydrogen-bond donors (Lipinski definition) is 2. The molecule has 1 aliphatic heterocycles. The van der Waals surface area contributed by atoms with Crippen molar-refractivity contribution in [3.63, 3.8) is 0 Å². The highest BCUT2D eigenvalue weighted by molar-refractivity contribution is 5.82. The molecule has 1 aliphatic rings. The van der Waals surface area contributed by atoms with Crippen molar-refractivity contribution in [2.24, 2.45) is 5.92 Å². The minimum absolute atomic E-state index is 0.0188. The van der Waals surface area contributed by atoms with E-state index in [0.717, 1.165) is 0 Å². The Balaban J connectivity index is 2.18. The van der Waals surface area contributed by atoms with Crippen molar-refractivity contribution in [3.8, 4) is 0 Å². The van der Waals surface area contributed by atoms with E-state index in [1.807, 2.05) is 0 Å². The molecule has 0 saturated carbocycles. The number of carboxylic acid groups (broad SMARTS) is 1. The van der Waals surface area contributed by atoms with Crippen LogP contribution in [0.2, 0.25) is 0 Å². The van der Waals surface area contributed by atoms with Crippen molar-refractivity contribution < 1.29 is 27.9 Å². The maximum absolute atomic E-state index is 11.9. The molecule has 5 nitrogen and oxygen atoms in total. The van der Waals surface area contributed by atoms with Gasteiger partial charge >= 0.3 is 18.1 Å². The number of alkyl halides is 3. The molecule has 0 spiro atoms. The normalized spacial score (nSPS) is 17.1. The van der Waals surface area contributed by atoms with Gasteiger partial charge in [-0.25, -0.2) is 0 Å². The second-order valence-corrected chi connectivity index (χ2v) is 3.60. The van der Waals surface area contributed by atoms with Gasteiger partial charge in [-0.05, 0) is 0 Å². The van der Waals surface area contributed by atoms with E-state index in [9.17, 15) is 22.8 Å². The van der Waals surface area contributed by atoms with Crippen LogP contribution in [0.4, 0.5) is 13.2 Å². The van der Waals surface area contributed by atoms with Crippen LogP contribution in [0, 0.1) is 5.92 Å². The lowest BCUT2D eigenvalue weighted by Gasteiger charge is -2.39. The van der Waals surface area contributed by atoms with Crippen LogP contribution in [0.5, 0.6) is 0 Å². The second kappa shape index (κ2) is 4.69. The van der Waals surface area contributed by atoms with Crippen molar-refractivity contribution >= 4 is 11.9 Å². The van der Waals surface area contributed by atoms with Gasteiger partial charge in [-0.2, -0.15) is 13.2 Å². The molecule has 0 atom stereocenters. The van der Waals surface area contributed by atoms with Gasteiger partial charge in [0.25, 0.3) is 0 Å². The maximum Gasteiger partial charge on any atom is 0.471 e. The molecule has 0 bridgehead atoms. The average molecular weight is 240 g/mol. The molecule has 92 valence electrons. The van der Waals surface area contributed by atoms with Gasteiger partial charge in [0.05, 0.1) is 6.54 Å². The molecule has 0 aromatic carbocycles. The molecule has 1 amide bonds. The number of carbonyl (C=O) groups excluding carboxylic acids is 1. The summed E-state index contributed by atoms with van der Waals surface area (Å²) in [7, 11) is 0. The molecular formula is C8H11F3N2O3. The summed E-state index contributed by atoms with van der Waals surface area (Å²) in [5, 5.41) is 10.9. The zero-order valence-electron chi connectivity index (χ0n) is 8.25. The van der Waals surface area contributed by atoms with Crippen molar-refractivity contribution in [2.45, 2.75) is 6.18 Å².